The maximum absolute atomic E-state index is 6.00. The van der Waals surface area contributed by atoms with Crippen LogP contribution in [-0.2, 0) is 0 Å². The molecule has 0 bridgehead atoms. The van der Waals surface area contributed by atoms with Crippen LogP contribution in [-0.4, -0.2) is 29.1 Å². The van der Waals surface area contributed by atoms with Crippen molar-refractivity contribution in [3.63, 3.8) is 0 Å². The van der Waals surface area contributed by atoms with Crippen LogP contribution in [0.2, 0.25) is 0 Å². The lowest BCUT2D eigenvalue weighted by Gasteiger charge is -2.31. The molecule has 1 aromatic rings. The summed E-state index contributed by atoms with van der Waals surface area (Å²) < 4.78 is 0. The monoisotopic (exact) mass is 234 g/mol. The van der Waals surface area contributed by atoms with E-state index in [0.717, 1.165) is 43.9 Å². The highest BCUT2D eigenvalue weighted by atomic mass is 15.2. The molecule has 2 atom stereocenters. The predicted molar refractivity (Wildman–Crippen MR) is 70.2 cm³/mol. The van der Waals surface area contributed by atoms with Crippen LogP contribution in [0.4, 0.5) is 5.82 Å². The summed E-state index contributed by atoms with van der Waals surface area (Å²) >= 11 is 0. The van der Waals surface area contributed by atoms with Crippen molar-refractivity contribution in [3.8, 4) is 0 Å². The molecule has 1 aliphatic heterocycles. The summed E-state index contributed by atoms with van der Waals surface area (Å²) in [5.74, 6) is 1.53. The molecule has 1 saturated heterocycles. The SMILES string of the molecule is CCC(C)c1cc(N2CCCC(N)C2)ncn1. The summed E-state index contributed by atoms with van der Waals surface area (Å²) in [6.45, 7) is 6.36. The zero-order chi connectivity index (χ0) is 12.3. The topological polar surface area (TPSA) is 55.0 Å². The van der Waals surface area contributed by atoms with Gasteiger partial charge in [-0.25, -0.2) is 9.97 Å². The van der Waals surface area contributed by atoms with Crippen LogP contribution in [0.3, 0.4) is 0 Å². The molecule has 2 heterocycles. The van der Waals surface area contributed by atoms with E-state index in [9.17, 15) is 0 Å². The molecule has 1 fully saturated rings. The highest BCUT2D eigenvalue weighted by molar-refractivity contribution is 5.40. The van der Waals surface area contributed by atoms with Gasteiger partial charge in [-0.3, -0.25) is 0 Å². The Balaban J connectivity index is 2.15. The van der Waals surface area contributed by atoms with Gasteiger partial charge in [-0.05, 0) is 25.2 Å². The third-order valence-electron chi connectivity index (χ3n) is 3.57. The zero-order valence-electron chi connectivity index (χ0n) is 10.8. The van der Waals surface area contributed by atoms with Gasteiger partial charge in [0, 0.05) is 30.9 Å². The molecule has 0 amide bonds. The Morgan fingerprint density at radius 1 is 1.53 bits per heavy atom. The molecule has 0 aliphatic carbocycles. The van der Waals surface area contributed by atoms with E-state index in [4.69, 9.17) is 5.73 Å². The minimum absolute atomic E-state index is 0.283. The van der Waals surface area contributed by atoms with Crippen LogP contribution >= 0.6 is 0 Å². The number of hydrogen-bond acceptors (Lipinski definition) is 4. The van der Waals surface area contributed by atoms with Crippen molar-refractivity contribution < 1.29 is 0 Å². The smallest absolute Gasteiger partial charge is 0.132 e. The average Bonchev–Trinajstić information content (AvgIpc) is 2.38. The summed E-state index contributed by atoms with van der Waals surface area (Å²) in [5.41, 5.74) is 7.14. The predicted octanol–water partition coefficient (Wildman–Crippen LogP) is 1.92. The van der Waals surface area contributed by atoms with Crippen LogP contribution < -0.4 is 10.6 Å². The van der Waals surface area contributed by atoms with E-state index >= 15 is 0 Å². The molecule has 94 valence electrons. The summed E-state index contributed by atoms with van der Waals surface area (Å²) in [6.07, 6.45) is 5.07. The standard InChI is InChI=1S/C13H22N4/c1-3-10(2)12-7-13(16-9-15-12)17-6-4-5-11(14)8-17/h7,9-11H,3-6,8,14H2,1-2H3. The third-order valence-corrected chi connectivity index (χ3v) is 3.57. The second-order valence-electron chi connectivity index (χ2n) is 4.96. The molecule has 1 aromatic heterocycles. The van der Waals surface area contributed by atoms with Gasteiger partial charge in [0.2, 0.25) is 0 Å². The molecule has 4 nitrogen and oxygen atoms in total. The quantitative estimate of drug-likeness (QED) is 0.868. The number of anilines is 1. The fourth-order valence-electron chi connectivity index (χ4n) is 2.23. The first-order valence-electron chi connectivity index (χ1n) is 6.53. The van der Waals surface area contributed by atoms with Crippen LogP contribution in [0.15, 0.2) is 12.4 Å². The number of aromatic nitrogens is 2. The van der Waals surface area contributed by atoms with E-state index in [0.29, 0.717) is 5.92 Å². The van der Waals surface area contributed by atoms with Gasteiger partial charge in [0.25, 0.3) is 0 Å². The molecule has 1 aliphatic rings. The van der Waals surface area contributed by atoms with Crippen molar-refractivity contribution >= 4 is 5.82 Å². The van der Waals surface area contributed by atoms with Crippen LogP contribution in [0.1, 0.15) is 44.7 Å². The van der Waals surface area contributed by atoms with Crippen molar-refractivity contribution in [1.29, 1.82) is 0 Å². The molecule has 2 unspecified atom stereocenters. The summed E-state index contributed by atoms with van der Waals surface area (Å²) in [6, 6.07) is 2.40. The first-order valence-corrected chi connectivity index (χ1v) is 6.53. The van der Waals surface area contributed by atoms with Gasteiger partial charge < -0.3 is 10.6 Å². The number of piperidine rings is 1. The summed E-state index contributed by atoms with van der Waals surface area (Å²) in [4.78, 5) is 11.0. The number of hydrogen-bond donors (Lipinski definition) is 1. The maximum atomic E-state index is 6.00. The molecule has 4 heteroatoms. The molecule has 0 spiro atoms. The first-order chi connectivity index (χ1) is 8.20. The van der Waals surface area contributed by atoms with Crippen LogP contribution in [0.5, 0.6) is 0 Å². The number of rotatable bonds is 3. The van der Waals surface area contributed by atoms with E-state index in [1.165, 1.54) is 0 Å². The lowest BCUT2D eigenvalue weighted by atomic mass is 10.0. The Bertz CT molecular complexity index is 366. The molecule has 0 radical (unpaired) electrons. The highest BCUT2D eigenvalue weighted by Crippen LogP contribution is 2.22. The van der Waals surface area contributed by atoms with Crippen molar-refractivity contribution in [2.24, 2.45) is 5.73 Å². The van der Waals surface area contributed by atoms with Crippen molar-refractivity contribution in [2.45, 2.75) is 45.1 Å². The van der Waals surface area contributed by atoms with Gasteiger partial charge in [0.15, 0.2) is 0 Å². The minimum atomic E-state index is 0.283. The van der Waals surface area contributed by atoms with Gasteiger partial charge in [0.1, 0.15) is 12.1 Å². The Morgan fingerprint density at radius 3 is 3.06 bits per heavy atom. The Kier molecular flexibility index (Phi) is 3.94. The van der Waals surface area contributed by atoms with Gasteiger partial charge in [-0.1, -0.05) is 13.8 Å². The Hall–Kier alpha value is -1.16. The van der Waals surface area contributed by atoms with Gasteiger partial charge in [0.05, 0.1) is 0 Å². The van der Waals surface area contributed by atoms with E-state index < -0.39 is 0 Å². The van der Waals surface area contributed by atoms with Gasteiger partial charge in [-0.2, -0.15) is 0 Å². The second-order valence-corrected chi connectivity index (χ2v) is 4.96. The molecule has 2 rings (SSSR count). The number of nitrogens with zero attached hydrogens (tertiary/aromatic N) is 3. The average molecular weight is 234 g/mol. The minimum Gasteiger partial charge on any atom is -0.355 e. The lowest BCUT2D eigenvalue weighted by Crippen LogP contribution is -2.43. The van der Waals surface area contributed by atoms with Crippen LogP contribution in [0, 0.1) is 0 Å². The summed E-state index contributed by atoms with van der Waals surface area (Å²) in [7, 11) is 0. The molecule has 17 heavy (non-hydrogen) atoms. The van der Waals surface area contributed by atoms with E-state index in [1.54, 1.807) is 6.33 Å². The Labute approximate surface area is 103 Å². The van der Waals surface area contributed by atoms with Crippen molar-refractivity contribution in [1.82, 2.24) is 9.97 Å². The van der Waals surface area contributed by atoms with E-state index in [-0.39, 0.29) is 6.04 Å². The van der Waals surface area contributed by atoms with E-state index in [2.05, 4.69) is 34.8 Å². The first kappa shape index (κ1) is 12.3. The van der Waals surface area contributed by atoms with E-state index in [1.807, 2.05) is 0 Å². The molecule has 0 aromatic carbocycles. The maximum Gasteiger partial charge on any atom is 0.132 e. The zero-order valence-corrected chi connectivity index (χ0v) is 10.8. The molecular weight excluding hydrogens is 212 g/mol. The molecule has 0 saturated carbocycles. The fourth-order valence-corrected chi connectivity index (χ4v) is 2.23. The number of nitrogens with two attached hydrogens (primary N) is 1. The third kappa shape index (κ3) is 2.94. The highest BCUT2D eigenvalue weighted by Gasteiger charge is 2.18. The molecular formula is C13H22N4. The van der Waals surface area contributed by atoms with Crippen LogP contribution in [0.25, 0.3) is 0 Å². The fraction of sp³-hybridized carbons (Fsp3) is 0.692. The van der Waals surface area contributed by atoms with Crippen molar-refractivity contribution in [2.75, 3.05) is 18.0 Å². The normalized spacial score (nSPS) is 22.5. The Morgan fingerprint density at radius 2 is 2.35 bits per heavy atom. The van der Waals surface area contributed by atoms with Crippen molar-refractivity contribution in [3.05, 3.63) is 18.1 Å². The van der Waals surface area contributed by atoms with Gasteiger partial charge >= 0.3 is 0 Å². The lowest BCUT2D eigenvalue weighted by molar-refractivity contribution is 0.502. The largest absolute Gasteiger partial charge is 0.355 e. The summed E-state index contributed by atoms with van der Waals surface area (Å²) in [5, 5.41) is 0. The second kappa shape index (κ2) is 5.45. The van der Waals surface area contributed by atoms with Gasteiger partial charge in [-0.15, -0.1) is 0 Å². The molecule has 2 N–H and O–H groups in total.